The molecule has 0 aliphatic carbocycles. The van der Waals surface area contributed by atoms with E-state index in [9.17, 15) is 4.79 Å². The Morgan fingerprint density at radius 2 is 1.90 bits per heavy atom. The first kappa shape index (κ1) is 14.5. The molecular weight excluding hydrogens is 272 g/mol. The highest BCUT2D eigenvalue weighted by Gasteiger charge is 2.15. The van der Waals surface area contributed by atoms with E-state index in [1.54, 1.807) is 6.92 Å². The van der Waals surface area contributed by atoms with Crippen LogP contribution >= 0.6 is 11.3 Å². The van der Waals surface area contributed by atoms with Crippen molar-refractivity contribution in [1.82, 2.24) is 4.98 Å². The first-order valence-corrected chi connectivity index (χ1v) is 7.47. The Hall–Kier alpha value is -1.88. The number of carboxylic acid groups (broad SMARTS) is 1. The Kier molecular flexibility index (Phi) is 4.39. The van der Waals surface area contributed by atoms with Crippen LogP contribution in [-0.2, 0) is 12.8 Å². The summed E-state index contributed by atoms with van der Waals surface area (Å²) in [7, 11) is 0. The zero-order valence-electron chi connectivity index (χ0n) is 11.9. The van der Waals surface area contributed by atoms with Gasteiger partial charge in [-0.2, -0.15) is 0 Å². The molecule has 20 heavy (non-hydrogen) atoms. The van der Waals surface area contributed by atoms with Gasteiger partial charge in [0.05, 0.1) is 5.69 Å². The van der Waals surface area contributed by atoms with E-state index in [0.717, 1.165) is 18.5 Å². The van der Waals surface area contributed by atoms with Gasteiger partial charge in [0.2, 0.25) is 0 Å². The summed E-state index contributed by atoms with van der Waals surface area (Å²) >= 11 is 1.18. The zero-order chi connectivity index (χ0) is 14.7. The predicted molar refractivity (Wildman–Crippen MR) is 82.3 cm³/mol. The van der Waals surface area contributed by atoms with Crippen molar-refractivity contribution in [3.63, 3.8) is 0 Å². The number of carbonyl (C=O) groups is 1. The summed E-state index contributed by atoms with van der Waals surface area (Å²) in [5, 5.41) is 13.0. The van der Waals surface area contributed by atoms with Crippen molar-refractivity contribution in [2.24, 2.45) is 0 Å². The SMILES string of the molecule is CCc1cccc(CC)c1Nc1nc(C)c(C(=O)O)s1. The third-order valence-corrected chi connectivity index (χ3v) is 4.28. The number of nitrogens with one attached hydrogen (secondary N) is 1. The van der Waals surface area contributed by atoms with Crippen LogP contribution in [0.15, 0.2) is 18.2 Å². The fourth-order valence-electron chi connectivity index (χ4n) is 2.16. The van der Waals surface area contributed by atoms with Crippen LogP contribution < -0.4 is 5.32 Å². The van der Waals surface area contributed by atoms with Crippen LogP contribution in [0.2, 0.25) is 0 Å². The molecule has 5 heteroatoms. The highest BCUT2D eigenvalue weighted by atomic mass is 32.1. The molecule has 4 nitrogen and oxygen atoms in total. The van der Waals surface area contributed by atoms with E-state index >= 15 is 0 Å². The van der Waals surface area contributed by atoms with Crippen molar-refractivity contribution < 1.29 is 9.90 Å². The van der Waals surface area contributed by atoms with Gasteiger partial charge in [-0.25, -0.2) is 9.78 Å². The monoisotopic (exact) mass is 290 g/mol. The van der Waals surface area contributed by atoms with E-state index in [2.05, 4.69) is 42.3 Å². The topological polar surface area (TPSA) is 62.2 Å². The summed E-state index contributed by atoms with van der Waals surface area (Å²) in [5.74, 6) is -0.924. The van der Waals surface area contributed by atoms with Crippen LogP contribution in [0.5, 0.6) is 0 Å². The normalized spacial score (nSPS) is 10.6. The molecule has 0 amide bonds. The summed E-state index contributed by atoms with van der Waals surface area (Å²) < 4.78 is 0. The van der Waals surface area contributed by atoms with Crippen molar-refractivity contribution in [2.45, 2.75) is 33.6 Å². The summed E-state index contributed by atoms with van der Waals surface area (Å²) in [6.45, 7) is 5.93. The number of aryl methyl sites for hydroxylation is 3. The van der Waals surface area contributed by atoms with Crippen LogP contribution in [0.4, 0.5) is 10.8 Å². The van der Waals surface area contributed by atoms with Crippen LogP contribution in [0.25, 0.3) is 0 Å². The van der Waals surface area contributed by atoms with Crippen LogP contribution in [0.1, 0.15) is 40.3 Å². The zero-order valence-corrected chi connectivity index (χ0v) is 12.7. The van der Waals surface area contributed by atoms with Gasteiger partial charge in [0.25, 0.3) is 0 Å². The van der Waals surface area contributed by atoms with Gasteiger partial charge in [-0.05, 0) is 30.9 Å². The van der Waals surface area contributed by atoms with Gasteiger partial charge in [-0.3, -0.25) is 0 Å². The Morgan fingerprint density at radius 1 is 1.30 bits per heavy atom. The number of rotatable bonds is 5. The molecule has 0 saturated carbocycles. The Labute approximate surface area is 122 Å². The lowest BCUT2D eigenvalue weighted by atomic mass is 10.0. The van der Waals surface area contributed by atoms with Gasteiger partial charge in [-0.1, -0.05) is 43.4 Å². The maximum atomic E-state index is 11.1. The highest BCUT2D eigenvalue weighted by Crippen LogP contribution is 2.30. The van der Waals surface area contributed by atoms with Gasteiger partial charge < -0.3 is 10.4 Å². The molecule has 0 aliphatic heterocycles. The number of anilines is 2. The van der Waals surface area contributed by atoms with Crippen LogP contribution in [0.3, 0.4) is 0 Å². The molecular formula is C15H18N2O2S. The van der Waals surface area contributed by atoms with E-state index in [-0.39, 0.29) is 0 Å². The van der Waals surface area contributed by atoms with Gasteiger partial charge in [-0.15, -0.1) is 0 Å². The summed E-state index contributed by atoms with van der Waals surface area (Å²) in [5.41, 5.74) is 4.04. The molecule has 0 fully saturated rings. The number of hydrogen-bond donors (Lipinski definition) is 2. The van der Waals surface area contributed by atoms with Crippen molar-refractivity contribution >= 4 is 28.1 Å². The number of aromatic nitrogens is 1. The average Bonchev–Trinajstić information content (AvgIpc) is 2.80. The van der Waals surface area contributed by atoms with Crippen molar-refractivity contribution in [2.75, 3.05) is 5.32 Å². The van der Waals surface area contributed by atoms with E-state index in [1.165, 1.54) is 22.5 Å². The van der Waals surface area contributed by atoms with Crippen molar-refractivity contribution in [3.8, 4) is 0 Å². The predicted octanol–water partition coefficient (Wildman–Crippen LogP) is 4.02. The van der Waals surface area contributed by atoms with E-state index in [0.29, 0.717) is 15.7 Å². The standard InChI is InChI=1S/C15H18N2O2S/c1-4-10-7-6-8-11(5-2)12(10)17-15-16-9(3)13(20-15)14(18)19/h6-8H,4-5H2,1-3H3,(H,16,17)(H,18,19). The molecule has 0 radical (unpaired) electrons. The lowest BCUT2D eigenvalue weighted by Gasteiger charge is -2.13. The number of thiazole rings is 1. The third-order valence-electron chi connectivity index (χ3n) is 3.22. The van der Waals surface area contributed by atoms with Gasteiger partial charge in [0.1, 0.15) is 4.88 Å². The molecule has 0 atom stereocenters. The second-order valence-corrected chi connectivity index (χ2v) is 5.52. The number of benzene rings is 1. The first-order valence-electron chi connectivity index (χ1n) is 6.65. The maximum absolute atomic E-state index is 11.1. The average molecular weight is 290 g/mol. The first-order chi connectivity index (χ1) is 9.56. The number of para-hydroxylation sites is 1. The molecule has 1 heterocycles. The van der Waals surface area contributed by atoms with Crippen LogP contribution in [0, 0.1) is 6.92 Å². The molecule has 0 saturated heterocycles. The molecule has 1 aromatic carbocycles. The molecule has 2 N–H and O–H groups in total. The minimum absolute atomic E-state index is 0.291. The molecule has 0 bridgehead atoms. The van der Waals surface area contributed by atoms with E-state index in [4.69, 9.17) is 5.11 Å². The maximum Gasteiger partial charge on any atom is 0.347 e. The molecule has 106 valence electrons. The Balaban J connectivity index is 2.39. The van der Waals surface area contributed by atoms with Crippen molar-refractivity contribution in [3.05, 3.63) is 39.9 Å². The van der Waals surface area contributed by atoms with E-state index in [1.807, 2.05) is 0 Å². The van der Waals surface area contributed by atoms with Crippen molar-refractivity contribution in [1.29, 1.82) is 0 Å². The number of hydrogen-bond acceptors (Lipinski definition) is 4. The summed E-state index contributed by atoms with van der Waals surface area (Å²) in [4.78, 5) is 15.7. The lowest BCUT2D eigenvalue weighted by molar-refractivity contribution is 0.0701. The van der Waals surface area contributed by atoms with Gasteiger partial charge in [0, 0.05) is 5.69 Å². The second kappa shape index (κ2) is 6.05. The minimum atomic E-state index is -0.924. The molecule has 1 aromatic heterocycles. The fraction of sp³-hybridized carbons (Fsp3) is 0.333. The molecule has 0 unspecified atom stereocenters. The summed E-state index contributed by atoms with van der Waals surface area (Å²) in [6, 6.07) is 6.22. The molecule has 0 aliphatic rings. The summed E-state index contributed by atoms with van der Waals surface area (Å²) in [6.07, 6.45) is 1.85. The second-order valence-electron chi connectivity index (χ2n) is 4.52. The number of carboxylic acids is 1. The molecule has 2 rings (SSSR count). The molecule has 2 aromatic rings. The molecule has 0 spiro atoms. The Bertz CT molecular complexity index is 613. The lowest BCUT2D eigenvalue weighted by Crippen LogP contribution is -1.99. The van der Waals surface area contributed by atoms with E-state index < -0.39 is 5.97 Å². The fourth-order valence-corrected chi connectivity index (χ4v) is 2.97. The number of aromatic carboxylic acids is 1. The number of nitrogens with zero attached hydrogens (tertiary/aromatic N) is 1. The smallest absolute Gasteiger partial charge is 0.347 e. The van der Waals surface area contributed by atoms with Gasteiger partial charge >= 0.3 is 5.97 Å². The van der Waals surface area contributed by atoms with Gasteiger partial charge in [0.15, 0.2) is 5.13 Å². The Morgan fingerprint density at radius 3 is 2.35 bits per heavy atom. The quantitative estimate of drug-likeness (QED) is 0.873. The van der Waals surface area contributed by atoms with Crippen LogP contribution in [-0.4, -0.2) is 16.1 Å². The largest absolute Gasteiger partial charge is 0.477 e. The minimum Gasteiger partial charge on any atom is -0.477 e. The third kappa shape index (κ3) is 2.82. The highest BCUT2D eigenvalue weighted by molar-refractivity contribution is 7.17.